The average molecular weight is 336 g/mol. The molecule has 1 aliphatic rings. The van der Waals surface area contributed by atoms with Crippen LogP contribution in [0.3, 0.4) is 0 Å². The van der Waals surface area contributed by atoms with Gasteiger partial charge in [-0.05, 0) is 23.4 Å². The summed E-state index contributed by atoms with van der Waals surface area (Å²) in [6.45, 7) is 1.55. The number of aliphatic hydroxyl groups is 2. The van der Waals surface area contributed by atoms with Gasteiger partial charge < -0.3 is 15.1 Å². The Morgan fingerprint density at radius 3 is 2.72 bits per heavy atom. The maximum Gasteiger partial charge on any atom is 0.173 e. The van der Waals surface area contributed by atoms with Crippen molar-refractivity contribution in [1.29, 1.82) is 5.26 Å². The van der Waals surface area contributed by atoms with Gasteiger partial charge in [-0.1, -0.05) is 36.4 Å². The number of hydrogen-bond acceptors (Lipinski definition) is 5. The lowest BCUT2D eigenvalue weighted by Gasteiger charge is -2.12. The molecule has 0 amide bonds. The Bertz CT molecular complexity index is 863. The van der Waals surface area contributed by atoms with Gasteiger partial charge in [0.15, 0.2) is 5.78 Å². The Morgan fingerprint density at radius 2 is 2.04 bits per heavy atom. The number of nitriles is 1. The molecule has 2 aromatic carbocycles. The van der Waals surface area contributed by atoms with Gasteiger partial charge in [-0.25, -0.2) is 0 Å². The smallest absolute Gasteiger partial charge is 0.173 e. The fraction of sp³-hybridized carbons (Fsp3) is 0.300. The molecule has 3 rings (SSSR count). The van der Waals surface area contributed by atoms with Crippen molar-refractivity contribution >= 4 is 28.3 Å². The molecule has 1 unspecified atom stereocenters. The number of ketones is 1. The topological polar surface area (TPSA) is 84.3 Å². The van der Waals surface area contributed by atoms with E-state index < -0.39 is 6.10 Å². The van der Waals surface area contributed by atoms with Gasteiger partial charge in [0, 0.05) is 24.9 Å². The molecule has 0 aromatic heterocycles. The Labute approximate surface area is 146 Å². The second kappa shape index (κ2) is 7.47. The van der Waals surface area contributed by atoms with E-state index in [4.69, 9.17) is 5.11 Å². The van der Waals surface area contributed by atoms with Crippen molar-refractivity contribution in [3.8, 4) is 6.07 Å². The molecule has 0 saturated carbocycles. The lowest BCUT2D eigenvalue weighted by atomic mass is 9.99. The number of nitrogens with zero attached hydrogens (tertiary/aromatic N) is 2. The quantitative estimate of drug-likeness (QED) is 0.460. The summed E-state index contributed by atoms with van der Waals surface area (Å²) >= 11 is 0. The zero-order valence-electron chi connectivity index (χ0n) is 13.9. The summed E-state index contributed by atoms with van der Waals surface area (Å²) in [5.41, 5.74) is 1.97. The van der Waals surface area contributed by atoms with Gasteiger partial charge in [-0.3, -0.25) is 4.79 Å². The first-order valence-electron chi connectivity index (χ1n) is 8.34. The van der Waals surface area contributed by atoms with Crippen molar-refractivity contribution < 1.29 is 15.0 Å². The number of Topliss-reactive ketones (excluding diaryl/α,β-unsaturated/α-hetero) is 1. The van der Waals surface area contributed by atoms with Gasteiger partial charge in [-0.2, -0.15) is 5.26 Å². The first-order valence-corrected chi connectivity index (χ1v) is 8.34. The van der Waals surface area contributed by atoms with Gasteiger partial charge in [-0.15, -0.1) is 0 Å². The molecule has 25 heavy (non-hydrogen) atoms. The molecule has 1 saturated heterocycles. The molecule has 1 fully saturated rings. The number of anilines is 1. The summed E-state index contributed by atoms with van der Waals surface area (Å²) in [6, 6.07) is 14.0. The SMILES string of the molecule is N#C/C(=C\c1ccc2ccccc2c1N1CC1)C(=O)CCC(O)CO. The van der Waals surface area contributed by atoms with Gasteiger partial charge >= 0.3 is 0 Å². The zero-order valence-corrected chi connectivity index (χ0v) is 13.9. The number of hydrogen-bond donors (Lipinski definition) is 2. The number of allylic oxidation sites excluding steroid dienone is 1. The van der Waals surface area contributed by atoms with Crippen molar-refractivity contribution in [2.24, 2.45) is 0 Å². The van der Waals surface area contributed by atoms with Crippen molar-refractivity contribution in [3.05, 3.63) is 47.5 Å². The maximum absolute atomic E-state index is 12.3. The summed E-state index contributed by atoms with van der Waals surface area (Å²) in [5, 5.41) is 29.8. The number of fused-ring (bicyclic) bond motifs is 1. The highest BCUT2D eigenvalue weighted by atomic mass is 16.3. The molecule has 128 valence electrons. The van der Waals surface area contributed by atoms with Crippen LogP contribution in [0.4, 0.5) is 5.69 Å². The first kappa shape index (κ1) is 17.2. The fourth-order valence-electron chi connectivity index (χ4n) is 2.87. The highest BCUT2D eigenvalue weighted by molar-refractivity contribution is 6.06. The molecular formula is C20H20N2O3. The standard InChI is InChI=1S/C20H20N2O3/c21-12-16(19(25)8-7-17(24)13-23)11-15-6-5-14-3-1-2-4-18(14)20(15)22-9-10-22/h1-6,11,17,23-24H,7-10,13H2/b16-11+. The van der Waals surface area contributed by atoms with Crippen LogP contribution >= 0.6 is 0 Å². The Morgan fingerprint density at radius 1 is 1.28 bits per heavy atom. The lowest BCUT2D eigenvalue weighted by Crippen LogP contribution is -2.14. The largest absolute Gasteiger partial charge is 0.394 e. The van der Waals surface area contributed by atoms with Crippen LogP contribution in [0.25, 0.3) is 16.8 Å². The number of carbonyl (C=O) groups excluding carboxylic acids is 1. The third-order valence-corrected chi connectivity index (χ3v) is 4.33. The summed E-state index contributed by atoms with van der Waals surface area (Å²) < 4.78 is 0. The molecule has 0 aliphatic carbocycles. The fourth-order valence-corrected chi connectivity index (χ4v) is 2.87. The summed E-state index contributed by atoms with van der Waals surface area (Å²) in [4.78, 5) is 14.5. The summed E-state index contributed by atoms with van der Waals surface area (Å²) in [7, 11) is 0. The average Bonchev–Trinajstić information content (AvgIpc) is 3.48. The Kier molecular flexibility index (Phi) is 5.13. The van der Waals surface area contributed by atoms with Crippen LogP contribution in [0, 0.1) is 11.3 Å². The first-order chi connectivity index (χ1) is 12.1. The Hall–Kier alpha value is -2.68. The monoisotopic (exact) mass is 336 g/mol. The van der Waals surface area contributed by atoms with Gasteiger partial charge in [0.05, 0.1) is 24.0 Å². The van der Waals surface area contributed by atoms with Crippen LogP contribution in [-0.4, -0.2) is 41.8 Å². The van der Waals surface area contributed by atoms with E-state index in [-0.39, 0.29) is 30.8 Å². The molecule has 0 spiro atoms. The molecular weight excluding hydrogens is 316 g/mol. The minimum absolute atomic E-state index is 0.0355. The minimum atomic E-state index is -0.933. The van der Waals surface area contributed by atoms with Crippen LogP contribution < -0.4 is 4.90 Å². The third-order valence-electron chi connectivity index (χ3n) is 4.33. The van der Waals surface area contributed by atoms with Gasteiger partial charge in [0.1, 0.15) is 6.07 Å². The number of carbonyl (C=O) groups is 1. The Balaban J connectivity index is 1.94. The van der Waals surface area contributed by atoms with Crippen molar-refractivity contribution in [1.82, 2.24) is 0 Å². The van der Waals surface area contributed by atoms with E-state index >= 15 is 0 Å². The van der Waals surface area contributed by atoms with Crippen LogP contribution in [0.15, 0.2) is 42.0 Å². The highest BCUT2D eigenvalue weighted by Gasteiger charge is 2.23. The van der Waals surface area contributed by atoms with E-state index in [0.29, 0.717) is 0 Å². The molecule has 0 radical (unpaired) electrons. The van der Waals surface area contributed by atoms with Gasteiger partial charge in [0.25, 0.3) is 0 Å². The molecule has 0 bridgehead atoms. The maximum atomic E-state index is 12.3. The molecule has 1 heterocycles. The van der Waals surface area contributed by atoms with Crippen molar-refractivity contribution in [3.63, 3.8) is 0 Å². The minimum Gasteiger partial charge on any atom is -0.394 e. The molecule has 1 atom stereocenters. The van der Waals surface area contributed by atoms with Crippen molar-refractivity contribution in [2.45, 2.75) is 18.9 Å². The number of aliphatic hydroxyl groups excluding tert-OH is 2. The van der Waals surface area contributed by atoms with E-state index in [1.54, 1.807) is 6.08 Å². The number of rotatable bonds is 7. The summed E-state index contributed by atoms with van der Waals surface area (Å²) in [5.74, 6) is -0.320. The molecule has 5 heteroatoms. The van der Waals surface area contributed by atoms with E-state index in [9.17, 15) is 15.2 Å². The van der Waals surface area contributed by atoms with Crippen LogP contribution in [0.5, 0.6) is 0 Å². The predicted molar refractivity (Wildman–Crippen MR) is 97.1 cm³/mol. The molecule has 5 nitrogen and oxygen atoms in total. The predicted octanol–water partition coefficient (Wildman–Crippen LogP) is 2.27. The van der Waals surface area contributed by atoms with Gasteiger partial charge in [0.2, 0.25) is 0 Å². The van der Waals surface area contributed by atoms with E-state index in [1.807, 2.05) is 42.5 Å². The van der Waals surface area contributed by atoms with E-state index in [1.165, 1.54) is 0 Å². The zero-order chi connectivity index (χ0) is 17.8. The third kappa shape index (κ3) is 3.87. The van der Waals surface area contributed by atoms with Crippen LogP contribution in [-0.2, 0) is 4.79 Å². The number of benzene rings is 2. The normalized spacial score (nSPS) is 15.1. The highest BCUT2D eigenvalue weighted by Crippen LogP contribution is 2.35. The molecule has 2 aromatic rings. The summed E-state index contributed by atoms with van der Waals surface area (Å²) in [6.07, 6.45) is 0.879. The second-order valence-electron chi connectivity index (χ2n) is 6.18. The van der Waals surface area contributed by atoms with Crippen LogP contribution in [0.2, 0.25) is 0 Å². The molecule has 1 aliphatic heterocycles. The second-order valence-corrected chi connectivity index (χ2v) is 6.18. The van der Waals surface area contributed by atoms with Crippen molar-refractivity contribution in [2.75, 3.05) is 24.6 Å². The van der Waals surface area contributed by atoms with Crippen LogP contribution in [0.1, 0.15) is 18.4 Å². The van der Waals surface area contributed by atoms with E-state index in [0.717, 1.165) is 35.1 Å². The van der Waals surface area contributed by atoms with E-state index in [2.05, 4.69) is 4.90 Å². The lowest BCUT2D eigenvalue weighted by molar-refractivity contribution is -0.115. The molecule has 2 N–H and O–H groups in total.